The maximum Gasteiger partial charge on any atom is 0.0622 e. The summed E-state index contributed by atoms with van der Waals surface area (Å²) < 4.78 is 0. The van der Waals surface area contributed by atoms with Gasteiger partial charge in [-0.2, -0.15) is 0 Å². The lowest BCUT2D eigenvalue weighted by Crippen LogP contribution is -2.30. The van der Waals surface area contributed by atoms with Crippen LogP contribution in [0.25, 0.3) is 0 Å². The molecule has 0 aromatic rings. The third kappa shape index (κ3) is 29.1. The van der Waals surface area contributed by atoms with Gasteiger partial charge >= 0.3 is 0 Å². The lowest BCUT2D eigenvalue weighted by molar-refractivity contribution is -0.00312. The lowest BCUT2D eigenvalue weighted by atomic mass is 9.84. The van der Waals surface area contributed by atoms with E-state index < -0.39 is 22.4 Å². The first-order valence-electron chi connectivity index (χ1n) is 19.9. The van der Waals surface area contributed by atoms with Crippen LogP contribution in [0.15, 0.2) is 58.2 Å². The first kappa shape index (κ1) is 48.5. The molecule has 0 saturated heterocycles. The van der Waals surface area contributed by atoms with Crippen molar-refractivity contribution >= 4 is 0 Å². The van der Waals surface area contributed by atoms with Crippen molar-refractivity contribution in [2.24, 2.45) is 0 Å². The zero-order chi connectivity index (χ0) is 38.3. The van der Waals surface area contributed by atoms with E-state index in [0.717, 1.165) is 89.9 Å². The van der Waals surface area contributed by atoms with Crippen molar-refractivity contribution in [2.75, 3.05) is 6.61 Å². The molecule has 5 N–H and O–H groups in total. The summed E-state index contributed by atoms with van der Waals surface area (Å²) in [4.78, 5) is 0. The van der Waals surface area contributed by atoms with E-state index in [1.807, 2.05) is 33.8 Å². The molecule has 0 aliphatic rings. The molecule has 0 aliphatic heterocycles. The molecule has 0 radical (unpaired) electrons. The van der Waals surface area contributed by atoms with Crippen LogP contribution in [0.2, 0.25) is 0 Å². The summed E-state index contributed by atoms with van der Waals surface area (Å²) in [6.07, 6.45) is 28.0. The molecule has 0 rings (SSSR count). The molecule has 0 spiro atoms. The molecule has 4 unspecified atom stereocenters. The van der Waals surface area contributed by atoms with E-state index in [1.54, 1.807) is 0 Å². The van der Waals surface area contributed by atoms with E-state index in [4.69, 9.17) is 5.11 Å². The van der Waals surface area contributed by atoms with Crippen LogP contribution in [-0.4, -0.2) is 54.5 Å². The van der Waals surface area contributed by atoms with Crippen LogP contribution in [0.1, 0.15) is 198 Å². The van der Waals surface area contributed by atoms with Crippen LogP contribution in [0.5, 0.6) is 0 Å². The van der Waals surface area contributed by atoms with E-state index in [2.05, 4.69) is 65.8 Å². The minimum Gasteiger partial charge on any atom is -0.392 e. The molecule has 0 heterocycles. The molecular weight excluding hydrogens is 620 g/mol. The molecule has 0 amide bonds. The Bertz CT molecular complexity index is 1060. The first-order valence-corrected chi connectivity index (χ1v) is 19.9. The van der Waals surface area contributed by atoms with Gasteiger partial charge in [-0.25, -0.2) is 0 Å². The zero-order valence-corrected chi connectivity index (χ0v) is 34.5. The van der Waals surface area contributed by atoms with Crippen LogP contribution in [0.4, 0.5) is 0 Å². The van der Waals surface area contributed by atoms with E-state index in [1.165, 1.54) is 27.9 Å². The Morgan fingerprint density at radius 1 is 0.380 bits per heavy atom. The fraction of sp³-hybridized carbons (Fsp3) is 0.778. The van der Waals surface area contributed by atoms with E-state index in [9.17, 15) is 20.4 Å². The monoisotopic (exact) mass is 703 g/mol. The maximum absolute atomic E-state index is 11.0. The zero-order valence-electron chi connectivity index (χ0n) is 34.5. The van der Waals surface area contributed by atoms with Crippen LogP contribution >= 0.6 is 0 Å². The highest BCUT2D eigenvalue weighted by molar-refractivity contribution is 5.07. The third-order valence-corrected chi connectivity index (χ3v) is 10.3. The topological polar surface area (TPSA) is 101 Å². The van der Waals surface area contributed by atoms with Crippen molar-refractivity contribution in [3.63, 3.8) is 0 Å². The smallest absolute Gasteiger partial charge is 0.0622 e. The van der Waals surface area contributed by atoms with Gasteiger partial charge in [0.1, 0.15) is 0 Å². The quantitative estimate of drug-likeness (QED) is 0.0500. The van der Waals surface area contributed by atoms with Crippen LogP contribution < -0.4 is 0 Å². The molecule has 0 saturated carbocycles. The van der Waals surface area contributed by atoms with Crippen LogP contribution in [-0.2, 0) is 0 Å². The number of hydrogen-bond acceptors (Lipinski definition) is 5. The minimum absolute atomic E-state index is 0.128. The average molecular weight is 703 g/mol. The van der Waals surface area contributed by atoms with Gasteiger partial charge in [0.15, 0.2) is 0 Å². The second kappa shape index (κ2) is 25.5. The lowest BCUT2D eigenvalue weighted by Gasteiger charge is -2.30. The average Bonchev–Trinajstić information content (AvgIpc) is 2.96. The summed E-state index contributed by atoms with van der Waals surface area (Å²) in [5, 5.41) is 52.5. The van der Waals surface area contributed by atoms with Crippen molar-refractivity contribution in [3.05, 3.63) is 58.2 Å². The number of allylic oxidation sites excluding steroid dienone is 9. The molecule has 5 nitrogen and oxygen atoms in total. The molecule has 0 aromatic heterocycles. The normalized spacial score (nSPS) is 18.3. The van der Waals surface area contributed by atoms with Crippen molar-refractivity contribution in [3.8, 4) is 0 Å². The summed E-state index contributed by atoms with van der Waals surface area (Å²) in [5.41, 5.74) is 3.75. The third-order valence-electron chi connectivity index (χ3n) is 10.3. The SMILES string of the molecule is CC(C)=CCCC(C)(O)CCCC(C)(O)CCCC(C)(O)CCCC(C)(O)CCC/C(C)=C/CC/C(C)=C/CC/C(C)=C/CC/C(C)=C/CO. The standard InChI is InChI=1S/C45H82O5/c1-37(2)19-14-28-42(7,47)30-16-32-44(9,49)34-18-35-45(10,50)33-17-31-43(8,48)29-15-26-40(5)24-12-22-38(3)20-11-21-39(4)23-13-25-41(6)27-36-46/h19-20,23-24,27,46-50H,11-18,21-22,25-26,28-36H2,1-10H3/b38-20+,39-23+,40-24+,41-27+. The molecule has 0 fully saturated rings. The number of aliphatic hydroxyl groups is 5. The molecule has 4 atom stereocenters. The fourth-order valence-electron chi connectivity index (χ4n) is 6.67. The molecule has 50 heavy (non-hydrogen) atoms. The molecule has 0 bridgehead atoms. The number of hydrogen-bond donors (Lipinski definition) is 5. The fourth-order valence-corrected chi connectivity index (χ4v) is 6.67. The van der Waals surface area contributed by atoms with Crippen molar-refractivity contribution in [2.45, 2.75) is 220 Å². The Kier molecular flexibility index (Phi) is 24.7. The highest BCUT2D eigenvalue weighted by Crippen LogP contribution is 2.30. The highest BCUT2D eigenvalue weighted by Gasteiger charge is 2.27. The minimum atomic E-state index is -0.805. The van der Waals surface area contributed by atoms with Gasteiger partial charge in [0.05, 0.1) is 29.0 Å². The first-order chi connectivity index (χ1) is 23.2. The van der Waals surface area contributed by atoms with Crippen molar-refractivity contribution in [1.82, 2.24) is 0 Å². The highest BCUT2D eigenvalue weighted by atomic mass is 16.3. The van der Waals surface area contributed by atoms with Gasteiger partial charge in [-0.3, -0.25) is 0 Å². The van der Waals surface area contributed by atoms with Crippen molar-refractivity contribution in [1.29, 1.82) is 0 Å². The van der Waals surface area contributed by atoms with Gasteiger partial charge in [-0.1, -0.05) is 58.2 Å². The summed E-state index contributed by atoms with van der Waals surface area (Å²) >= 11 is 0. The number of aliphatic hydroxyl groups excluding tert-OH is 1. The Morgan fingerprint density at radius 3 is 1.02 bits per heavy atom. The summed E-state index contributed by atoms with van der Waals surface area (Å²) in [5.74, 6) is 0. The van der Waals surface area contributed by atoms with E-state index in [0.29, 0.717) is 38.5 Å². The Hall–Kier alpha value is -1.50. The summed E-state index contributed by atoms with van der Waals surface area (Å²) in [6, 6.07) is 0. The Morgan fingerprint density at radius 2 is 0.680 bits per heavy atom. The Balaban J connectivity index is 4.30. The van der Waals surface area contributed by atoms with E-state index >= 15 is 0 Å². The second-order valence-corrected chi connectivity index (χ2v) is 17.2. The largest absolute Gasteiger partial charge is 0.392 e. The molecule has 0 aliphatic carbocycles. The summed E-state index contributed by atoms with van der Waals surface area (Å²) in [6.45, 7) is 20.6. The predicted octanol–water partition coefficient (Wildman–Crippen LogP) is 11.5. The van der Waals surface area contributed by atoms with Crippen molar-refractivity contribution < 1.29 is 25.5 Å². The molecule has 0 aromatic carbocycles. The van der Waals surface area contributed by atoms with Gasteiger partial charge in [0.2, 0.25) is 0 Å². The van der Waals surface area contributed by atoms with Gasteiger partial charge in [0.25, 0.3) is 0 Å². The molecule has 292 valence electrons. The Labute approximate surface area is 309 Å². The molecular formula is C45H82O5. The predicted molar refractivity (Wildman–Crippen MR) is 216 cm³/mol. The van der Waals surface area contributed by atoms with Crippen LogP contribution in [0, 0.1) is 0 Å². The van der Waals surface area contributed by atoms with E-state index in [-0.39, 0.29) is 6.61 Å². The van der Waals surface area contributed by atoms with Gasteiger partial charge in [-0.15, -0.1) is 0 Å². The molecule has 5 heteroatoms. The number of rotatable bonds is 29. The second-order valence-electron chi connectivity index (χ2n) is 17.2. The van der Waals surface area contributed by atoms with Gasteiger partial charge in [0, 0.05) is 0 Å². The summed E-state index contributed by atoms with van der Waals surface area (Å²) in [7, 11) is 0. The van der Waals surface area contributed by atoms with Crippen LogP contribution in [0.3, 0.4) is 0 Å². The van der Waals surface area contributed by atoms with Gasteiger partial charge in [-0.05, 0) is 198 Å². The van der Waals surface area contributed by atoms with Gasteiger partial charge < -0.3 is 25.5 Å². The maximum atomic E-state index is 11.0.